The molecule has 1 atom stereocenters. The highest BCUT2D eigenvalue weighted by Gasteiger charge is 2.22. The molecule has 0 bridgehead atoms. The van der Waals surface area contributed by atoms with Crippen LogP contribution in [-0.2, 0) is 6.42 Å². The van der Waals surface area contributed by atoms with Crippen LogP contribution in [0, 0.1) is 0 Å². The van der Waals surface area contributed by atoms with Crippen LogP contribution in [0.3, 0.4) is 0 Å². The Morgan fingerprint density at radius 1 is 1.38 bits per heavy atom. The molecule has 1 aliphatic heterocycles. The molecule has 0 aliphatic carbocycles. The van der Waals surface area contributed by atoms with E-state index in [-0.39, 0.29) is 24.0 Å². The summed E-state index contributed by atoms with van der Waals surface area (Å²) >= 11 is 0. The summed E-state index contributed by atoms with van der Waals surface area (Å²) in [7, 11) is 0. The zero-order valence-corrected chi connectivity index (χ0v) is 15.1. The van der Waals surface area contributed by atoms with Crippen molar-refractivity contribution in [3.05, 3.63) is 35.9 Å². The van der Waals surface area contributed by atoms with Gasteiger partial charge in [-0.3, -0.25) is 9.89 Å². The SMILES string of the molecule is CCN1CCCC1CN=C(N)NCCc1ccccc1.I. The van der Waals surface area contributed by atoms with Gasteiger partial charge in [-0.2, -0.15) is 0 Å². The monoisotopic (exact) mass is 402 g/mol. The number of aliphatic imine (C=N–C) groups is 1. The van der Waals surface area contributed by atoms with Crippen molar-refractivity contribution in [2.75, 3.05) is 26.2 Å². The van der Waals surface area contributed by atoms with Crippen molar-refractivity contribution in [2.24, 2.45) is 10.7 Å². The first-order valence-electron chi connectivity index (χ1n) is 7.61. The van der Waals surface area contributed by atoms with Gasteiger partial charge in [0.25, 0.3) is 0 Å². The summed E-state index contributed by atoms with van der Waals surface area (Å²) in [5.74, 6) is 0.573. The minimum Gasteiger partial charge on any atom is -0.370 e. The van der Waals surface area contributed by atoms with Crippen LogP contribution < -0.4 is 11.1 Å². The molecule has 0 aromatic heterocycles. The van der Waals surface area contributed by atoms with Crippen molar-refractivity contribution in [3.63, 3.8) is 0 Å². The molecule has 1 heterocycles. The zero-order chi connectivity index (χ0) is 14.2. The van der Waals surface area contributed by atoms with Crippen molar-refractivity contribution >= 4 is 29.9 Å². The maximum Gasteiger partial charge on any atom is 0.188 e. The van der Waals surface area contributed by atoms with E-state index in [2.05, 4.69) is 46.4 Å². The second kappa shape index (κ2) is 10.00. The van der Waals surface area contributed by atoms with Gasteiger partial charge in [-0.1, -0.05) is 37.3 Å². The topological polar surface area (TPSA) is 53.6 Å². The highest BCUT2D eigenvalue weighted by Crippen LogP contribution is 2.16. The van der Waals surface area contributed by atoms with Crippen molar-refractivity contribution < 1.29 is 0 Å². The molecule has 0 amide bonds. The third-order valence-electron chi connectivity index (χ3n) is 3.94. The molecule has 2 rings (SSSR count). The van der Waals surface area contributed by atoms with Gasteiger partial charge in [0, 0.05) is 12.6 Å². The Hall–Kier alpha value is -0.820. The van der Waals surface area contributed by atoms with Gasteiger partial charge in [0.15, 0.2) is 5.96 Å². The quantitative estimate of drug-likeness (QED) is 0.436. The van der Waals surface area contributed by atoms with Crippen LogP contribution in [0.2, 0.25) is 0 Å². The molecule has 4 nitrogen and oxygen atoms in total. The predicted octanol–water partition coefficient (Wildman–Crippen LogP) is 2.24. The summed E-state index contributed by atoms with van der Waals surface area (Å²) in [4.78, 5) is 6.96. The zero-order valence-electron chi connectivity index (χ0n) is 12.8. The molecule has 0 spiro atoms. The molecule has 1 unspecified atom stereocenters. The predicted molar refractivity (Wildman–Crippen MR) is 100 cm³/mol. The fourth-order valence-corrected chi connectivity index (χ4v) is 2.76. The molecule has 0 saturated carbocycles. The lowest BCUT2D eigenvalue weighted by Crippen LogP contribution is -2.36. The molecule has 1 saturated heterocycles. The number of guanidine groups is 1. The highest BCUT2D eigenvalue weighted by molar-refractivity contribution is 14.0. The molecule has 1 aromatic rings. The summed E-state index contributed by atoms with van der Waals surface area (Å²) in [5.41, 5.74) is 7.24. The molecule has 1 fully saturated rings. The van der Waals surface area contributed by atoms with Gasteiger partial charge in [-0.25, -0.2) is 0 Å². The lowest BCUT2D eigenvalue weighted by Gasteiger charge is -2.20. The Kier molecular flexibility index (Phi) is 8.68. The number of likely N-dealkylation sites (N-methyl/N-ethyl adjacent to an activating group) is 1. The van der Waals surface area contributed by atoms with Gasteiger partial charge in [-0.05, 0) is 37.9 Å². The van der Waals surface area contributed by atoms with Crippen molar-refractivity contribution in [1.82, 2.24) is 10.2 Å². The number of benzene rings is 1. The van der Waals surface area contributed by atoms with E-state index in [9.17, 15) is 0 Å². The van der Waals surface area contributed by atoms with E-state index in [0.29, 0.717) is 12.0 Å². The summed E-state index contributed by atoms with van der Waals surface area (Å²) < 4.78 is 0. The molecule has 5 heteroatoms. The Bertz CT molecular complexity index is 422. The highest BCUT2D eigenvalue weighted by atomic mass is 127. The summed E-state index contributed by atoms with van der Waals surface area (Å²) in [6, 6.07) is 11.0. The second-order valence-electron chi connectivity index (χ2n) is 5.31. The van der Waals surface area contributed by atoms with Crippen LogP contribution in [0.25, 0.3) is 0 Å². The molecule has 1 aliphatic rings. The van der Waals surface area contributed by atoms with Crippen LogP contribution in [0.4, 0.5) is 0 Å². The van der Waals surface area contributed by atoms with Crippen LogP contribution in [0.1, 0.15) is 25.3 Å². The lowest BCUT2D eigenvalue weighted by molar-refractivity contribution is 0.273. The Balaban J connectivity index is 0.00000220. The third-order valence-corrected chi connectivity index (χ3v) is 3.94. The standard InChI is InChI=1S/C16H26N4.HI/c1-2-20-12-6-9-15(20)13-19-16(17)18-11-10-14-7-4-3-5-8-14;/h3-5,7-8,15H,2,6,9-13H2,1H3,(H3,17,18,19);1H. The van der Waals surface area contributed by atoms with Gasteiger partial charge >= 0.3 is 0 Å². The summed E-state index contributed by atoms with van der Waals surface area (Å²) in [6.45, 7) is 6.18. The normalized spacial score (nSPS) is 19.3. The lowest BCUT2D eigenvalue weighted by atomic mass is 10.1. The van der Waals surface area contributed by atoms with Crippen LogP contribution >= 0.6 is 24.0 Å². The molecule has 0 radical (unpaired) electrons. The summed E-state index contributed by atoms with van der Waals surface area (Å²) in [6.07, 6.45) is 3.51. The minimum atomic E-state index is 0. The fraction of sp³-hybridized carbons (Fsp3) is 0.562. The van der Waals surface area contributed by atoms with E-state index < -0.39 is 0 Å². The van der Waals surface area contributed by atoms with Crippen LogP contribution in [0.15, 0.2) is 35.3 Å². The second-order valence-corrected chi connectivity index (χ2v) is 5.31. The minimum absolute atomic E-state index is 0. The number of hydrogen-bond acceptors (Lipinski definition) is 2. The van der Waals surface area contributed by atoms with E-state index in [0.717, 1.165) is 26.1 Å². The molecule has 1 aromatic carbocycles. The molecular formula is C16H27IN4. The molecule has 118 valence electrons. The Labute approximate surface area is 145 Å². The van der Waals surface area contributed by atoms with Gasteiger partial charge in [0.2, 0.25) is 0 Å². The maximum atomic E-state index is 5.92. The number of rotatable bonds is 6. The van der Waals surface area contributed by atoms with E-state index in [1.165, 1.54) is 24.9 Å². The number of hydrogen-bond donors (Lipinski definition) is 2. The van der Waals surface area contributed by atoms with Crippen molar-refractivity contribution in [2.45, 2.75) is 32.2 Å². The fourth-order valence-electron chi connectivity index (χ4n) is 2.76. The van der Waals surface area contributed by atoms with Crippen molar-refractivity contribution in [3.8, 4) is 0 Å². The van der Waals surface area contributed by atoms with Gasteiger partial charge in [-0.15, -0.1) is 24.0 Å². The first-order valence-corrected chi connectivity index (χ1v) is 7.61. The average molecular weight is 402 g/mol. The number of nitrogens with two attached hydrogens (primary N) is 1. The van der Waals surface area contributed by atoms with Gasteiger partial charge in [0.05, 0.1) is 6.54 Å². The van der Waals surface area contributed by atoms with E-state index in [1.807, 2.05) is 6.07 Å². The number of likely N-dealkylation sites (tertiary alicyclic amines) is 1. The number of halogens is 1. The average Bonchev–Trinajstić information content (AvgIpc) is 2.94. The van der Waals surface area contributed by atoms with E-state index in [1.54, 1.807) is 0 Å². The van der Waals surface area contributed by atoms with Gasteiger partial charge < -0.3 is 11.1 Å². The molecular weight excluding hydrogens is 375 g/mol. The van der Waals surface area contributed by atoms with Crippen LogP contribution in [0.5, 0.6) is 0 Å². The van der Waals surface area contributed by atoms with Crippen LogP contribution in [-0.4, -0.2) is 43.1 Å². The van der Waals surface area contributed by atoms with Crippen molar-refractivity contribution in [1.29, 1.82) is 0 Å². The molecule has 3 N–H and O–H groups in total. The van der Waals surface area contributed by atoms with E-state index in [4.69, 9.17) is 5.73 Å². The third kappa shape index (κ3) is 6.22. The van der Waals surface area contributed by atoms with Gasteiger partial charge in [0.1, 0.15) is 0 Å². The van der Waals surface area contributed by atoms with E-state index >= 15 is 0 Å². The first-order chi connectivity index (χ1) is 9.79. The summed E-state index contributed by atoms with van der Waals surface area (Å²) in [5, 5.41) is 3.20. The first kappa shape index (κ1) is 18.2. The number of nitrogens with zero attached hydrogens (tertiary/aromatic N) is 2. The Morgan fingerprint density at radius 3 is 2.86 bits per heavy atom. The maximum absolute atomic E-state index is 5.92. The Morgan fingerprint density at radius 2 is 2.14 bits per heavy atom. The largest absolute Gasteiger partial charge is 0.370 e. The number of nitrogens with one attached hydrogen (secondary N) is 1. The molecule has 21 heavy (non-hydrogen) atoms. The smallest absolute Gasteiger partial charge is 0.188 e.